The molecule has 0 radical (unpaired) electrons. The van der Waals surface area contributed by atoms with Crippen LogP contribution in [-0.2, 0) is 21.2 Å². The van der Waals surface area contributed by atoms with Gasteiger partial charge in [-0.25, -0.2) is 13.1 Å². The Morgan fingerprint density at radius 1 is 1.07 bits per heavy atom. The highest BCUT2D eigenvalue weighted by Gasteiger charge is 2.11. The third kappa shape index (κ3) is 4.78. The van der Waals surface area contributed by atoms with Crippen molar-refractivity contribution in [3.8, 4) is 5.69 Å². The average molecular weight is 385 g/mol. The first kappa shape index (κ1) is 18.7. The van der Waals surface area contributed by atoms with Crippen LogP contribution < -0.4 is 10.0 Å². The largest absolute Gasteiger partial charge is 0.326 e. The number of carbonyl (C=O) groups is 1. The predicted molar refractivity (Wildman–Crippen MR) is 101 cm³/mol. The first-order valence-electron chi connectivity index (χ1n) is 8.25. The highest BCUT2D eigenvalue weighted by Crippen LogP contribution is 2.15. The molecule has 0 aliphatic carbocycles. The van der Waals surface area contributed by atoms with Gasteiger partial charge in [0.25, 0.3) is 0 Å². The van der Waals surface area contributed by atoms with Gasteiger partial charge in [0.1, 0.15) is 12.7 Å². The molecule has 0 aliphatic rings. The van der Waals surface area contributed by atoms with E-state index >= 15 is 0 Å². The summed E-state index contributed by atoms with van der Waals surface area (Å²) in [6.07, 6.45) is 3.96. The Morgan fingerprint density at radius 2 is 1.78 bits per heavy atom. The third-order valence-electron chi connectivity index (χ3n) is 3.99. The number of rotatable bonds is 7. The summed E-state index contributed by atoms with van der Waals surface area (Å²) in [5.74, 6) is -0.122. The lowest BCUT2D eigenvalue weighted by Crippen LogP contribution is -2.18. The predicted octanol–water partition coefficient (Wildman–Crippen LogP) is 1.75. The lowest BCUT2D eigenvalue weighted by atomic mass is 10.1. The molecular formula is C18H19N5O3S. The van der Waals surface area contributed by atoms with Crippen LogP contribution in [0.1, 0.15) is 12.0 Å². The molecule has 3 aromatic rings. The maximum atomic E-state index is 12.2. The Labute approximate surface area is 157 Å². The Bertz CT molecular complexity index is 1020. The van der Waals surface area contributed by atoms with Crippen molar-refractivity contribution in [2.24, 2.45) is 0 Å². The van der Waals surface area contributed by atoms with Crippen LogP contribution in [0.2, 0.25) is 0 Å². The van der Waals surface area contributed by atoms with E-state index in [1.165, 1.54) is 19.2 Å². The molecule has 0 spiro atoms. The number of carbonyl (C=O) groups excluding carboxylic acids is 1. The number of amides is 1. The minimum atomic E-state index is -3.45. The van der Waals surface area contributed by atoms with Crippen molar-refractivity contribution >= 4 is 21.6 Å². The van der Waals surface area contributed by atoms with Gasteiger partial charge in [0, 0.05) is 12.1 Å². The summed E-state index contributed by atoms with van der Waals surface area (Å²) in [4.78, 5) is 12.4. The minimum absolute atomic E-state index is 0.122. The molecule has 0 fully saturated rings. The Morgan fingerprint density at radius 3 is 2.44 bits per heavy atom. The van der Waals surface area contributed by atoms with Crippen LogP contribution >= 0.6 is 0 Å². The van der Waals surface area contributed by atoms with E-state index in [-0.39, 0.29) is 17.2 Å². The molecule has 0 bridgehead atoms. The summed E-state index contributed by atoms with van der Waals surface area (Å²) < 4.78 is 27.4. The van der Waals surface area contributed by atoms with Gasteiger partial charge in [0.2, 0.25) is 15.9 Å². The number of benzene rings is 2. The van der Waals surface area contributed by atoms with Gasteiger partial charge in [-0.2, -0.15) is 0 Å². The quantitative estimate of drug-likeness (QED) is 0.644. The van der Waals surface area contributed by atoms with Crippen molar-refractivity contribution in [2.45, 2.75) is 17.7 Å². The van der Waals surface area contributed by atoms with Gasteiger partial charge < -0.3 is 5.32 Å². The lowest BCUT2D eigenvalue weighted by molar-refractivity contribution is -0.116. The van der Waals surface area contributed by atoms with E-state index in [0.717, 1.165) is 11.3 Å². The summed E-state index contributed by atoms with van der Waals surface area (Å²) >= 11 is 0. The van der Waals surface area contributed by atoms with E-state index in [1.54, 1.807) is 29.4 Å². The summed E-state index contributed by atoms with van der Waals surface area (Å²) in [5, 5.41) is 10.4. The zero-order valence-corrected chi connectivity index (χ0v) is 15.5. The van der Waals surface area contributed by atoms with Crippen LogP contribution in [0.5, 0.6) is 0 Å². The first-order valence-corrected chi connectivity index (χ1v) is 9.74. The summed E-state index contributed by atoms with van der Waals surface area (Å²) in [6.45, 7) is 0. The van der Waals surface area contributed by atoms with Crippen molar-refractivity contribution in [2.75, 3.05) is 12.4 Å². The number of sulfonamides is 1. The van der Waals surface area contributed by atoms with Gasteiger partial charge in [0.15, 0.2) is 0 Å². The number of hydrogen-bond donors (Lipinski definition) is 2. The van der Waals surface area contributed by atoms with Crippen LogP contribution in [0.25, 0.3) is 5.69 Å². The van der Waals surface area contributed by atoms with E-state index in [0.29, 0.717) is 12.1 Å². The minimum Gasteiger partial charge on any atom is -0.326 e. The molecule has 3 rings (SSSR count). The van der Waals surface area contributed by atoms with E-state index < -0.39 is 10.0 Å². The zero-order valence-electron chi connectivity index (χ0n) is 14.7. The van der Waals surface area contributed by atoms with Crippen LogP contribution in [0.3, 0.4) is 0 Å². The van der Waals surface area contributed by atoms with E-state index in [4.69, 9.17) is 0 Å². The van der Waals surface area contributed by atoms with Crippen LogP contribution in [-0.4, -0.2) is 36.1 Å². The van der Waals surface area contributed by atoms with Crippen LogP contribution in [0.15, 0.2) is 66.1 Å². The standard InChI is InChI=1S/C18H19N5O3S/c1-19-27(25,26)17-8-5-14(6-9-17)7-10-18(24)22-15-3-2-4-16(11-15)23-12-20-21-13-23/h2-6,8-9,11-13,19H,7,10H2,1H3,(H,22,24). The second-order valence-corrected chi connectivity index (χ2v) is 7.71. The summed E-state index contributed by atoms with van der Waals surface area (Å²) in [7, 11) is -2.08. The summed E-state index contributed by atoms with van der Waals surface area (Å²) in [5.41, 5.74) is 2.42. The van der Waals surface area contributed by atoms with Crippen LogP contribution in [0.4, 0.5) is 5.69 Å². The van der Waals surface area contributed by atoms with Gasteiger partial charge in [-0.1, -0.05) is 18.2 Å². The molecule has 0 aliphatic heterocycles. The van der Waals surface area contributed by atoms with Gasteiger partial charge in [0.05, 0.1) is 10.6 Å². The lowest BCUT2D eigenvalue weighted by Gasteiger charge is -2.08. The smallest absolute Gasteiger partial charge is 0.240 e. The molecule has 140 valence electrons. The molecule has 2 N–H and O–H groups in total. The second-order valence-electron chi connectivity index (χ2n) is 5.82. The van der Waals surface area contributed by atoms with Crippen molar-refractivity contribution in [3.63, 3.8) is 0 Å². The van der Waals surface area contributed by atoms with E-state index in [2.05, 4.69) is 20.2 Å². The van der Waals surface area contributed by atoms with E-state index in [1.807, 2.05) is 24.3 Å². The van der Waals surface area contributed by atoms with Gasteiger partial charge in [-0.3, -0.25) is 9.36 Å². The van der Waals surface area contributed by atoms with Gasteiger partial charge in [-0.05, 0) is 49.4 Å². The van der Waals surface area contributed by atoms with Crippen molar-refractivity contribution in [3.05, 3.63) is 66.7 Å². The number of aromatic nitrogens is 3. The highest BCUT2D eigenvalue weighted by atomic mass is 32.2. The van der Waals surface area contributed by atoms with E-state index in [9.17, 15) is 13.2 Å². The molecule has 0 saturated heterocycles. The SMILES string of the molecule is CNS(=O)(=O)c1ccc(CCC(=O)Nc2cccc(-n3cnnc3)c2)cc1. The Kier molecular flexibility index (Phi) is 5.63. The topological polar surface area (TPSA) is 106 Å². The fourth-order valence-corrected chi connectivity index (χ4v) is 3.24. The number of nitrogens with one attached hydrogen (secondary N) is 2. The molecule has 1 amide bonds. The van der Waals surface area contributed by atoms with Crippen molar-refractivity contribution in [1.82, 2.24) is 19.5 Å². The molecule has 8 nitrogen and oxygen atoms in total. The summed E-state index contributed by atoms with van der Waals surface area (Å²) in [6, 6.07) is 13.9. The van der Waals surface area contributed by atoms with Gasteiger partial charge >= 0.3 is 0 Å². The maximum absolute atomic E-state index is 12.2. The number of hydrogen-bond acceptors (Lipinski definition) is 5. The van der Waals surface area contributed by atoms with Crippen molar-refractivity contribution < 1.29 is 13.2 Å². The number of anilines is 1. The third-order valence-corrected chi connectivity index (χ3v) is 5.42. The molecule has 1 heterocycles. The number of nitrogens with zero attached hydrogens (tertiary/aromatic N) is 3. The normalized spacial score (nSPS) is 11.3. The molecule has 0 atom stereocenters. The Hall–Kier alpha value is -3.04. The monoisotopic (exact) mass is 385 g/mol. The molecule has 27 heavy (non-hydrogen) atoms. The van der Waals surface area contributed by atoms with Crippen LogP contribution in [0, 0.1) is 0 Å². The fourth-order valence-electron chi connectivity index (χ4n) is 2.51. The molecular weight excluding hydrogens is 366 g/mol. The molecule has 0 unspecified atom stereocenters. The molecule has 9 heteroatoms. The Balaban J connectivity index is 1.58. The number of aryl methyl sites for hydroxylation is 1. The molecule has 1 aromatic heterocycles. The fraction of sp³-hybridized carbons (Fsp3) is 0.167. The maximum Gasteiger partial charge on any atom is 0.240 e. The molecule has 0 saturated carbocycles. The zero-order chi connectivity index (χ0) is 19.3. The van der Waals surface area contributed by atoms with Gasteiger partial charge in [-0.15, -0.1) is 10.2 Å². The first-order chi connectivity index (χ1) is 13.0. The highest BCUT2D eigenvalue weighted by molar-refractivity contribution is 7.89. The average Bonchev–Trinajstić information content (AvgIpc) is 3.22. The second kappa shape index (κ2) is 8.11. The molecule has 2 aromatic carbocycles. The van der Waals surface area contributed by atoms with Crippen molar-refractivity contribution in [1.29, 1.82) is 0 Å².